The molecule has 1 rings (SSSR count). The summed E-state index contributed by atoms with van der Waals surface area (Å²) < 4.78 is 5.19. The quantitative estimate of drug-likeness (QED) is 0.730. The van der Waals surface area contributed by atoms with Crippen LogP contribution >= 0.6 is 0 Å². The van der Waals surface area contributed by atoms with Crippen molar-refractivity contribution in [2.45, 2.75) is 64.6 Å². The number of carbonyl (C=O) groups is 1. The summed E-state index contributed by atoms with van der Waals surface area (Å²) in [5.41, 5.74) is 0. The van der Waals surface area contributed by atoms with Gasteiger partial charge in [0.2, 0.25) is 0 Å². The normalized spacial score (nSPS) is 31.3. The van der Waals surface area contributed by atoms with Gasteiger partial charge in [0.1, 0.15) is 6.10 Å². The molecule has 3 atom stereocenters. The van der Waals surface area contributed by atoms with Crippen LogP contribution in [0.3, 0.4) is 0 Å². The second kappa shape index (κ2) is 6.11. The van der Waals surface area contributed by atoms with Crippen molar-refractivity contribution in [3.63, 3.8) is 0 Å². The third-order valence-electron chi connectivity index (χ3n) is 3.13. The van der Waals surface area contributed by atoms with Crippen LogP contribution in [0.2, 0.25) is 0 Å². The Morgan fingerprint density at radius 2 is 2.13 bits per heavy atom. The Bertz CT molecular complexity index is 203. The molecular weight excluding hydrogens is 192 g/mol. The fourth-order valence-corrected chi connectivity index (χ4v) is 2.26. The Kier molecular flexibility index (Phi) is 5.09. The molecule has 3 unspecified atom stereocenters. The summed E-state index contributed by atoms with van der Waals surface area (Å²) in [6.45, 7) is 3.94. The van der Waals surface area contributed by atoms with E-state index in [1.165, 1.54) is 6.42 Å². The first-order valence-corrected chi connectivity index (χ1v) is 6.04. The zero-order valence-corrected chi connectivity index (χ0v) is 9.74. The predicted octanol–water partition coefficient (Wildman–Crippen LogP) is 2.27. The molecule has 3 nitrogen and oxygen atoms in total. The van der Waals surface area contributed by atoms with Crippen molar-refractivity contribution in [3.8, 4) is 0 Å². The van der Waals surface area contributed by atoms with E-state index >= 15 is 0 Å². The van der Waals surface area contributed by atoms with Crippen LogP contribution in [0.5, 0.6) is 0 Å². The van der Waals surface area contributed by atoms with Crippen molar-refractivity contribution in [3.05, 3.63) is 0 Å². The third-order valence-corrected chi connectivity index (χ3v) is 3.13. The number of carbonyl (C=O) groups excluding carboxylic acids is 1. The maximum atomic E-state index is 11.1. The van der Waals surface area contributed by atoms with Crippen LogP contribution in [0.4, 0.5) is 0 Å². The molecule has 1 saturated carbocycles. The zero-order valence-electron chi connectivity index (χ0n) is 9.74. The summed E-state index contributed by atoms with van der Waals surface area (Å²) in [5, 5.41) is 9.83. The summed E-state index contributed by atoms with van der Waals surface area (Å²) in [4.78, 5) is 11.1. The molecule has 3 heteroatoms. The monoisotopic (exact) mass is 214 g/mol. The Labute approximate surface area is 91.8 Å². The highest BCUT2D eigenvalue weighted by atomic mass is 16.6. The first kappa shape index (κ1) is 12.5. The molecule has 1 N–H and O–H groups in total. The number of hydrogen-bond donors (Lipinski definition) is 1. The van der Waals surface area contributed by atoms with E-state index in [9.17, 15) is 9.90 Å². The van der Waals surface area contributed by atoms with Gasteiger partial charge in [-0.05, 0) is 25.2 Å². The molecule has 0 saturated heterocycles. The van der Waals surface area contributed by atoms with Crippen LogP contribution in [0, 0.1) is 5.92 Å². The molecule has 1 aliphatic carbocycles. The lowest BCUT2D eigenvalue weighted by Crippen LogP contribution is -2.37. The number of aliphatic hydroxyl groups excluding tert-OH is 1. The Morgan fingerprint density at radius 3 is 2.67 bits per heavy atom. The summed E-state index contributed by atoms with van der Waals surface area (Å²) >= 11 is 0. The van der Waals surface area contributed by atoms with E-state index in [2.05, 4.69) is 6.92 Å². The maximum Gasteiger partial charge on any atom is 0.305 e. The fourth-order valence-electron chi connectivity index (χ4n) is 2.26. The molecule has 88 valence electrons. The molecule has 0 heterocycles. The highest BCUT2D eigenvalue weighted by Gasteiger charge is 2.30. The minimum absolute atomic E-state index is 0.201. The summed E-state index contributed by atoms with van der Waals surface area (Å²) in [7, 11) is 0. The number of hydrogen-bond acceptors (Lipinski definition) is 3. The number of aliphatic hydroxyl groups is 1. The number of ether oxygens (including phenoxy) is 1. The van der Waals surface area contributed by atoms with Crippen molar-refractivity contribution < 1.29 is 14.6 Å². The fraction of sp³-hybridized carbons (Fsp3) is 0.917. The third kappa shape index (κ3) is 3.82. The Morgan fingerprint density at radius 1 is 1.40 bits per heavy atom. The second-order valence-corrected chi connectivity index (χ2v) is 4.42. The average Bonchev–Trinajstić information content (AvgIpc) is 2.22. The van der Waals surface area contributed by atoms with Crippen molar-refractivity contribution in [1.82, 2.24) is 0 Å². The van der Waals surface area contributed by atoms with E-state index in [1.54, 1.807) is 6.92 Å². The first-order chi connectivity index (χ1) is 7.17. The van der Waals surface area contributed by atoms with Gasteiger partial charge < -0.3 is 9.84 Å². The number of rotatable bonds is 4. The van der Waals surface area contributed by atoms with Gasteiger partial charge in [-0.2, -0.15) is 0 Å². The van der Waals surface area contributed by atoms with Gasteiger partial charge in [-0.1, -0.05) is 26.7 Å². The summed E-state index contributed by atoms with van der Waals surface area (Å²) in [6.07, 6.45) is 4.69. The van der Waals surface area contributed by atoms with E-state index in [-0.39, 0.29) is 12.1 Å². The first-order valence-electron chi connectivity index (χ1n) is 6.04. The van der Waals surface area contributed by atoms with Crippen LogP contribution in [0.1, 0.15) is 52.4 Å². The molecular formula is C12H22O3. The lowest BCUT2D eigenvalue weighted by molar-refractivity contribution is -0.158. The standard InChI is InChI=1S/C12H22O3/c1-3-5-9-6-7-11(10(13)8-9)15-12(14)4-2/h9-11,13H,3-8H2,1-2H3. The van der Waals surface area contributed by atoms with E-state index in [1.807, 2.05) is 0 Å². The van der Waals surface area contributed by atoms with E-state index in [0.717, 1.165) is 25.7 Å². The topological polar surface area (TPSA) is 46.5 Å². The van der Waals surface area contributed by atoms with Crippen molar-refractivity contribution >= 4 is 5.97 Å². The molecule has 0 aliphatic heterocycles. The van der Waals surface area contributed by atoms with E-state index in [0.29, 0.717) is 12.3 Å². The van der Waals surface area contributed by atoms with Crippen LogP contribution in [0.25, 0.3) is 0 Å². The number of esters is 1. The SMILES string of the molecule is CCCC1CCC(OC(=O)CC)C(O)C1. The van der Waals surface area contributed by atoms with Crippen molar-refractivity contribution in [2.75, 3.05) is 0 Å². The average molecular weight is 214 g/mol. The van der Waals surface area contributed by atoms with Crippen molar-refractivity contribution in [1.29, 1.82) is 0 Å². The molecule has 1 fully saturated rings. The molecule has 1 aliphatic rings. The van der Waals surface area contributed by atoms with Gasteiger partial charge in [0.05, 0.1) is 6.10 Å². The largest absolute Gasteiger partial charge is 0.460 e. The highest BCUT2D eigenvalue weighted by Crippen LogP contribution is 2.29. The molecule has 0 radical (unpaired) electrons. The minimum atomic E-state index is -0.453. The van der Waals surface area contributed by atoms with Gasteiger partial charge in [0, 0.05) is 6.42 Å². The second-order valence-electron chi connectivity index (χ2n) is 4.42. The van der Waals surface area contributed by atoms with Crippen LogP contribution in [-0.4, -0.2) is 23.3 Å². The lowest BCUT2D eigenvalue weighted by Gasteiger charge is -2.32. The minimum Gasteiger partial charge on any atom is -0.460 e. The van der Waals surface area contributed by atoms with E-state index < -0.39 is 6.10 Å². The van der Waals surface area contributed by atoms with Gasteiger partial charge in [0.15, 0.2) is 0 Å². The predicted molar refractivity (Wildman–Crippen MR) is 58.4 cm³/mol. The van der Waals surface area contributed by atoms with Crippen LogP contribution in [0.15, 0.2) is 0 Å². The maximum absolute atomic E-state index is 11.1. The van der Waals surface area contributed by atoms with E-state index in [4.69, 9.17) is 4.74 Å². The van der Waals surface area contributed by atoms with Crippen molar-refractivity contribution in [2.24, 2.45) is 5.92 Å². The van der Waals surface area contributed by atoms with Gasteiger partial charge in [-0.15, -0.1) is 0 Å². The summed E-state index contributed by atoms with van der Waals surface area (Å²) in [5.74, 6) is 0.412. The lowest BCUT2D eigenvalue weighted by atomic mass is 9.83. The Hall–Kier alpha value is -0.570. The smallest absolute Gasteiger partial charge is 0.305 e. The Balaban J connectivity index is 2.35. The highest BCUT2D eigenvalue weighted by molar-refractivity contribution is 5.69. The van der Waals surface area contributed by atoms with Gasteiger partial charge >= 0.3 is 5.97 Å². The van der Waals surface area contributed by atoms with Gasteiger partial charge in [-0.25, -0.2) is 0 Å². The summed E-state index contributed by atoms with van der Waals surface area (Å²) in [6, 6.07) is 0. The molecule has 0 amide bonds. The van der Waals surface area contributed by atoms with Crippen LogP contribution < -0.4 is 0 Å². The zero-order chi connectivity index (χ0) is 11.3. The van der Waals surface area contributed by atoms with Crippen LogP contribution in [-0.2, 0) is 9.53 Å². The molecule has 0 spiro atoms. The molecule has 0 aromatic heterocycles. The molecule has 0 aromatic carbocycles. The molecule has 0 aromatic rings. The van der Waals surface area contributed by atoms with Gasteiger partial charge in [0.25, 0.3) is 0 Å². The molecule has 15 heavy (non-hydrogen) atoms. The molecule has 0 bridgehead atoms. The van der Waals surface area contributed by atoms with Gasteiger partial charge in [-0.3, -0.25) is 4.79 Å².